The van der Waals surface area contributed by atoms with Gasteiger partial charge in [0.15, 0.2) is 0 Å². The van der Waals surface area contributed by atoms with Gasteiger partial charge in [-0.25, -0.2) is 9.59 Å². The van der Waals surface area contributed by atoms with Crippen molar-refractivity contribution in [3.05, 3.63) is 51.3 Å². The highest BCUT2D eigenvalue weighted by Crippen LogP contribution is 2.38. The largest absolute Gasteiger partial charge is 0.461 e. The first-order valence-corrected chi connectivity index (χ1v) is 8.83. The molecule has 2 aromatic rings. The van der Waals surface area contributed by atoms with Crippen LogP contribution < -0.4 is 0 Å². The summed E-state index contributed by atoms with van der Waals surface area (Å²) in [5.41, 5.74) is -0.0816. The Morgan fingerprint density at radius 2 is 1.79 bits per heavy atom. The zero-order chi connectivity index (χ0) is 21.2. The van der Waals surface area contributed by atoms with Gasteiger partial charge in [-0.05, 0) is 40.7 Å². The van der Waals surface area contributed by atoms with Gasteiger partial charge >= 0.3 is 11.9 Å². The Kier molecular flexibility index (Phi) is 5.92. The Hall–Kier alpha value is -3.16. The van der Waals surface area contributed by atoms with Gasteiger partial charge in [0.2, 0.25) is 0 Å². The Morgan fingerprint density at radius 3 is 2.32 bits per heavy atom. The highest BCUT2D eigenvalue weighted by molar-refractivity contribution is 6.08. The average molecular weight is 388 g/mol. The number of hydrogen-bond donors (Lipinski definition) is 0. The molecule has 0 aliphatic rings. The van der Waals surface area contributed by atoms with Crippen molar-refractivity contribution in [1.29, 1.82) is 0 Å². The highest BCUT2D eigenvalue weighted by Gasteiger charge is 2.34. The van der Waals surface area contributed by atoms with Crippen LogP contribution in [0.15, 0.2) is 24.3 Å². The molecule has 0 saturated heterocycles. The molecule has 0 saturated carbocycles. The van der Waals surface area contributed by atoms with Crippen molar-refractivity contribution in [2.75, 3.05) is 6.61 Å². The molecule has 1 heterocycles. The molecule has 0 aliphatic carbocycles. The van der Waals surface area contributed by atoms with E-state index in [2.05, 4.69) is 0 Å². The van der Waals surface area contributed by atoms with Gasteiger partial charge in [0, 0.05) is 24.4 Å². The molecule has 0 atom stereocenters. The van der Waals surface area contributed by atoms with Crippen molar-refractivity contribution in [3.8, 4) is 11.1 Å². The second-order valence-corrected chi connectivity index (χ2v) is 7.24. The predicted octanol–water partition coefficient (Wildman–Crippen LogP) is 4.04. The van der Waals surface area contributed by atoms with Crippen molar-refractivity contribution >= 4 is 17.6 Å². The van der Waals surface area contributed by atoms with Crippen LogP contribution in [0.2, 0.25) is 0 Å². The Balaban J connectivity index is 2.88. The zero-order valence-electron chi connectivity index (χ0n) is 16.9. The van der Waals surface area contributed by atoms with Crippen molar-refractivity contribution in [2.45, 2.75) is 40.2 Å². The van der Waals surface area contributed by atoms with E-state index in [1.165, 1.54) is 22.8 Å². The summed E-state index contributed by atoms with van der Waals surface area (Å²) in [7, 11) is 1.60. The fourth-order valence-electron chi connectivity index (χ4n) is 2.93. The minimum absolute atomic E-state index is 0.0644. The Morgan fingerprint density at radius 1 is 1.18 bits per heavy atom. The smallest absolute Gasteiger partial charge is 0.355 e. The second kappa shape index (κ2) is 7.84. The number of nitro groups is 1. The summed E-state index contributed by atoms with van der Waals surface area (Å²) in [4.78, 5) is 36.6. The molecule has 8 nitrogen and oxygen atoms in total. The van der Waals surface area contributed by atoms with E-state index in [4.69, 9.17) is 9.47 Å². The number of benzene rings is 1. The number of ether oxygens (including phenoxy) is 2. The number of hydrogen-bond acceptors (Lipinski definition) is 6. The molecule has 150 valence electrons. The van der Waals surface area contributed by atoms with Crippen molar-refractivity contribution < 1.29 is 24.0 Å². The number of carbonyl (C=O) groups is 2. The van der Waals surface area contributed by atoms with Gasteiger partial charge in [0.1, 0.15) is 11.3 Å². The topological polar surface area (TPSA) is 101 Å². The number of aromatic nitrogens is 1. The van der Waals surface area contributed by atoms with Crippen LogP contribution in [0.1, 0.15) is 54.2 Å². The lowest BCUT2D eigenvalue weighted by molar-refractivity contribution is -0.384. The van der Waals surface area contributed by atoms with Crippen LogP contribution in [0, 0.1) is 17.0 Å². The van der Waals surface area contributed by atoms with Gasteiger partial charge in [-0.2, -0.15) is 0 Å². The zero-order valence-corrected chi connectivity index (χ0v) is 16.9. The first-order valence-electron chi connectivity index (χ1n) is 8.83. The monoisotopic (exact) mass is 388 g/mol. The Bertz CT molecular complexity index is 937. The van der Waals surface area contributed by atoms with E-state index in [0.29, 0.717) is 5.69 Å². The number of carbonyl (C=O) groups excluding carboxylic acids is 2. The van der Waals surface area contributed by atoms with Crippen molar-refractivity contribution in [1.82, 2.24) is 4.57 Å². The van der Waals surface area contributed by atoms with Crippen LogP contribution in [0.3, 0.4) is 0 Å². The second-order valence-electron chi connectivity index (χ2n) is 7.24. The summed E-state index contributed by atoms with van der Waals surface area (Å²) < 4.78 is 12.1. The number of rotatable bonds is 5. The molecule has 0 bridgehead atoms. The van der Waals surface area contributed by atoms with E-state index in [1.54, 1.807) is 47.7 Å². The third kappa shape index (κ3) is 4.05. The van der Waals surface area contributed by atoms with Crippen molar-refractivity contribution in [2.24, 2.45) is 7.05 Å². The molecule has 8 heteroatoms. The fourth-order valence-corrected chi connectivity index (χ4v) is 2.93. The van der Waals surface area contributed by atoms with Crippen LogP contribution in [0.4, 0.5) is 5.69 Å². The van der Waals surface area contributed by atoms with Crippen LogP contribution >= 0.6 is 0 Å². The lowest BCUT2D eigenvalue weighted by Crippen LogP contribution is -2.24. The molecule has 2 rings (SSSR count). The van der Waals surface area contributed by atoms with E-state index in [1.807, 2.05) is 0 Å². The molecule has 0 amide bonds. The van der Waals surface area contributed by atoms with Gasteiger partial charge in [0.25, 0.3) is 5.69 Å². The number of nitro benzene ring substituents is 1. The summed E-state index contributed by atoms with van der Waals surface area (Å²) in [6, 6.07) is 5.96. The molecule has 0 radical (unpaired) electrons. The van der Waals surface area contributed by atoms with Gasteiger partial charge in [-0.3, -0.25) is 10.1 Å². The molecule has 0 N–H and O–H groups in total. The van der Waals surface area contributed by atoms with Gasteiger partial charge < -0.3 is 14.0 Å². The third-order valence-corrected chi connectivity index (χ3v) is 4.13. The molecular formula is C20H24N2O6. The molecule has 28 heavy (non-hydrogen) atoms. The predicted molar refractivity (Wildman–Crippen MR) is 103 cm³/mol. The fraction of sp³-hybridized carbons (Fsp3) is 0.400. The lowest BCUT2D eigenvalue weighted by atomic mass is 9.98. The summed E-state index contributed by atoms with van der Waals surface area (Å²) >= 11 is 0. The van der Waals surface area contributed by atoms with Crippen molar-refractivity contribution in [3.63, 3.8) is 0 Å². The van der Waals surface area contributed by atoms with Crippen LogP contribution in [-0.4, -0.2) is 33.6 Å². The summed E-state index contributed by atoms with van der Waals surface area (Å²) in [5.74, 6) is -1.33. The van der Waals surface area contributed by atoms with Gasteiger partial charge in [-0.15, -0.1) is 0 Å². The van der Waals surface area contributed by atoms with Gasteiger partial charge in [-0.1, -0.05) is 12.1 Å². The van der Waals surface area contributed by atoms with E-state index in [9.17, 15) is 19.7 Å². The van der Waals surface area contributed by atoms with Crippen LogP contribution in [-0.2, 0) is 16.5 Å². The summed E-state index contributed by atoms with van der Waals surface area (Å²) in [5, 5.41) is 11.6. The minimum atomic E-state index is -0.774. The molecule has 0 aliphatic heterocycles. The normalized spacial score (nSPS) is 11.2. The lowest BCUT2D eigenvalue weighted by Gasteiger charge is -2.20. The third-order valence-electron chi connectivity index (χ3n) is 4.13. The molecule has 1 aromatic carbocycles. The molecule has 0 spiro atoms. The molecule has 1 aromatic heterocycles. The van der Waals surface area contributed by atoms with E-state index in [-0.39, 0.29) is 34.7 Å². The molecule has 0 fully saturated rings. The summed E-state index contributed by atoms with van der Waals surface area (Å²) in [6.45, 7) is 8.61. The first-order chi connectivity index (χ1) is 13.0. The summed E-state index contributed by atoms with van der Waals surface area (Å²) in [6.07, 6.45) is 0. The number of nitrogens with zero attached hydrogens (tertiary/aromatic N) is 2. The maximum atomic E-state index is 12.9. The first kappa shape index (κ1) is 21.1. The van der Waals surface area contributed by atoms with Crippen LogP contribution in [0.25, 0.3) is 11.1 Å². The van der Waals surface area contributed by atoms with E-state index in [0.717, 1.165) is 0 Å². The SMILES string of the molecule is CCOC(=O)c1c(-c2ccccc2[N+](=O)[O-])c(C(=O)OC(C)(C)C)c(C)n1C. The Labute approximate surface area is 163 Å². The quantitative estimate of drug-likeness (QED) is 0.435. The minimum Gasteiger partial charge on any atom is -0.461 e. The van der Waals surface area contributed by atoms with E-state index >= 15 is 0 Å². The molecular weight excluding hydrogens is 364 g/mol. The van der Waals surface area contributed by atoms with Crippen LogP contribution in [0.5, 0.6) is 0 Å². The van der Waals surface area contributed by atoms with E-state index < -0.39 is 22.5 Å². The average Bonchev–Trinajstić information content (AvgIpc) is 2.85. The number of esters is 2. The maximum Gasteiger partial charge on any atom is 0.355 e. The molecule has 0 unspecified atom stereocenters. The maximum absolute atomic E-state index is 12.9. The number of para-hydroxylation sites is 1. The van der Waals surface area contributed by atoms with Gasteiger partial charge in [0.05, 0.1) is 22.7 Å². The standard InChI is InChI=1S/C20H24N2O6/c1-7-27-19(24)17-16(13-10-8-9-11-14(13)22(25)26)15(12(2)21(17)6)18(23)28-20(3,4)5/h8-11H,7H2,1-6H3. The highest BCUT2D eigenvalue weighted by atomic mass is 16.6.